The Morgan fingerprint density at radius 3 is 2.30 bits per heavy atom. The van der Waals surface area contributed by atoms with E-state index in [1.165, 1.54) is 32.1 Å². The number of hydrogen-bond acceptors (Lipinski definition) is 2. The SMILES string of the molecule is CC(C)(CCCO)CNC1CCCC(C(C)(C)C)CC1. The van der Waals surface area contributed by atoms with Gasteiger partial charge in [0.1, 0.15) is 0 Å². The standard InChI is InChI=1S/C18H37NO/c1-17(2,3)15-8-6-9-16(11-10-15)19-14-18(4,5)12-7-13-20/h15-16,19-20H,6-14H2,1-5H3. The van der Waals surface area contributed by atoms with E-state index in [2.05, 4.69) is 39.9 Å². The lowest BCUT2D eigenvalue weighted by atomic mass is 9.76. The van der Waals surface area contributed by atoms with Gasteiger partial charge in [-0.2, -0.15) is 0 Å². The van der Waals surface area contributed by atoms with E-state index in [-0.39, 0.29) is 0 Å². The van der Waals surface area contributed by atoms with E-state index < -0.39 is 0 Å². The van der Waals surface area contributed by atoms with Crippen LogP contribution in [0.4, 0.5) is 0 Å². The minimum Gasteiger partial charge on any atom is -0.396 e. The maximum absolute atomic E-state index is 8.97. The third-order valence-corrected chi connectivity index (χ3v) is 5.07. The molecule has 0 aromatic heterocycles. The second-order valence-corrected chi connectivity index (χ2v) is 8.64. The zero-order valence-corrected chi connectivity index (χ0v) is 14.5. The highest BCUT2D eigenvalue weighted by atomic mass is 16.2. The number of aliphatic hydroxyl groups is 1. The van der Waals surface area contributed by atoms with Gasteiger partial charge in [0, 0.05) is 19.2 Å². The van der Waals surface area contributed by atoms with Crippen molar-refractivity contribution < 1.29 is 5.11 Å². The van der Waals surface area contributed by atoms with Crippen molar-refractivity contribution in [3.8, 4) is 0 Å². The van der Waals surface area contributed by atoms with Gasteiger partial charge in [-0.3, -0.25) is 0 Å². The van der Waals surface area contributed by atoms with Crippen LogP contribution in [0.25, 0.3) is 0 Å². The first-order valence-corrected chi connectivity index (χ1v) is 8.59. The minimum atomic E-state index is 0.304. The molecule has 0 spiro atoms. The minimum absolute atomic E-state index is 0.304. The molecule has 0 bridgehead atoms. The van der Waals surface area contributed by atoms with Crippen LogP contribution in [-0.4, -0.2) is 24.3 Å². The normalized spacial score (nSPS) is 25.5. The number of aliphatic hydroxyl groups excluding tert-OH is 1. The van der Waals surface area contributed by atoms with Crippen LogP contribution in [0, 0.1) is 16.7 Å². The Morgan fingerprint density at radius 2 is 1.70 bits per heavy atom. The van der Waals surface area contributed by atoms with Gasteiger partial charge in [0.2, 0.25) is 0 Å². The second kappa shape index (κ2) is 7.79. The molecule has 0 saturated heterocycles. The maximum Gasteiger partial charge on any atom is 0.0431 e. The highest BCUT2D eigenvalue weighted by molar-refractivity contribution is 4.82. The molecular formula is C18H37NO. The van der Waals surface area contributed by atoms with Crippen LogP contribution in [-0.2, 0) is 0 Å². The summed E-state index contributed by atoms with van der Waals surface area (Å²) in [6, 6.07) is 0.704. The number of nitrogens with one attached hydrogen (secondary N) is 1. The van der Waals surface area contributed by atoms with Gasteiger partial charge in [0.25, 0.3) is 0 Å². The van der Waals surface area contributed by atoms with E-state index in [4.69, 9.17) is 5.11 Å². The summed E-state index contributed by atoms with van der Waals surface area (Å²) in [4.78, 5) is 0. The molecule has 1 aliphatic carbocycles. The molecule has 0 heterocycles. The fourth-order valence-electron chi connectivity index (χ4n) is 3.44. The van der Waals surface area contributed by atoms with Crippen molar-refractivity contribution >= 4 is 0 Å². The summed E-state index contributed by atoms with van der Waals surface area (Å²) in [6.45, 7) is 13.2. The number of rotatable bonds is 6. The summed E-state index contributed by atoms with van der Waals surface area (Å²) in [5.74, 6) is 0.886. The van der Waals surface area contributed by atoms with Gasteiger partial charge >= 0.3 is 0 Å². The largest absolute Gasteiger partial charge is 0.396 e. The first kappa shape index (κ1) is 18.0. The Morgan fingerprint density at radius 1 is 1.00 bits per heavy atom. The summed E-state index contributed by atoms with van der Waals surface area (Å²) in [5.41, 5.74) is 0.772. The second-order valence-electron chi connectivity index (χ2n) is 8.64. The molecule has 2 unspecified atom stereocenters. The first-order valence-electron chi connectivity index (χ1n) is 8.59. The lowest BCUT2D eigenvalue weighted by Crippen LogP contribution is -2.37. The van der Waals surface area contributed by atoms with Crippen molar-refractivity contribution in [3.63, 3.8) is 0 Å². The Balaban J connectivity index is 2.35. The molecule has 0 aromatic rings. The van der Waals surface area contributed by atoms with Crippen molar-refractivity contribution in [2.45, 2.75) is 85.6 Å². The highest BCUT2D eigenvalue weighted by Gasteiger charge is 2.28. The molecule has 0 aromatic carbocycles. The Hall–Kier alpha value is -0.0800. The third-order valence-electron chi connectivity index (χ3n) is 5.07. The molecular weight excluding hydrogens is 246 g/mol. The van der Waals surface area contributed by atoms with Gasteiger partial charge in [-0.1, -0.05) is 41.0 Å². The Kier molecular flexibility index (Phi) is 7.00. The molecule has 2 heteroatoms. The van der Waals surface area contributed by atoms with Gasteiger partial charge < -0.3 is 10.4 Å². The van der Waals surface area contributed by atoms with Crippen LogP contribution in [0.2, 0.25) is 0 Å². The summed E-state index contributed by atoms with van der Waals surface area (Å²) in [5, 5.41) is 12.8. The van der Waals surface area contributed by atoms with Gasteiger partial charge in [-0.15, -0.1) is 0 Å². The fourth-order valence-corrected chi connectivity index (χ4v) is 3.44. The van der Waals surface area contributed by atoms with Crippen LogP contribution in [0.5, 0.6) is 0 Å². The van der Waals surface area contributed by atoms with Crippen molar-refractivity contribution in [2.24, 2.45) is 16.7 Å². The Bertz CT molecular complexity index is 267. The summed E-state index contributed by atoms with van der Waals surface area (Å²) in [7, 11) is 0. The molecule has 0 amide bonds. The summed E-state index contributed by atoms with van der Waals surface area (Å²) in [6.07, 6.45) is 8.84. The molecule has 1 aliphatic rings. The molecule has 1 saturated carbocycles. The quantitative estimate of drug-likeness (QED) is 0.709. The van der Waals surface area contributed by atoms with Gasteiger partial charge in [0.05, 0.1) is 0 Å². The van der Waals surface area contributed by atoms with E-state index in [0.717, 1.165) is 25.3 Å². The third kappa shape index (κ3) is 6.58. The zero-order valence-electron chi connectivity index (χ0n) is 14.5. The molecule has 1 fully saturated rings. The van der Waals surface area contributed by atoms with E-state index in [0.29, 0.717) is 23.5 Å². The monoisotopic (exact) mass is 283 g/mol. The van der Waals surface area contributed by atoms with Gasteiger partial charge in [-0.25, -0.2) is 0 Å². The zero-order chi connectivity index (χ0) is 15.2. The smallest absolute Gasteiger partial charge is 0.0431 e. The van der Waals surface area contributed by atoms with E-state index in [1.54, 1.807) is 0 Å². The fraction of sp³-hybridized carbons (Fsp3) is 1.00. The molecule has 0 radical (unpaired) electrons. The average Bonchev–Trinajstić information content (AvgIpc) is 2.59. The lowest BCUT2D eigenvalue weighted by Gasteiger charge is -2.30. The predicted octanol–water partition coefficient (Wildman–Crippen LogP) is 4.37. The van der Waals surface area contributed by atoms with E-state index >= 15 is 0 Å². The molecule has 120 valence electrons. The van der Waals surface area contributed by atoms with Crippen LogP contribution < -0.4 is 5.32 Å². The Labute approximate surface area is 126 Å². The van der Waals surface area contributed by atoms with Crippen LogP contribution in [0.1, 0.15) is 79.6 Å². The van der Waals surface area contributed by atoms with Crippen molar-refractivity contribution in [2.75, 3.05) is 13.2 Å². The van der Waals surface area contributed by atoms with Gasteiger partial charge in [0.15, 0.2) is 0 Å². The predicted molar refractivity (Wildman–Crippen MR) is 87.9 cm³/mol. The molecule has 2 atom stereocenters. The first-order chi connectivity index (χ1) is 9.24. The van der Waals surface area contributed by atoms with E-state index in [1.807, 2.05) is 0 Å². The topological polar surface area (TPSA) is 32.3 Å². The number of hydrogen-bond donors (Lipinski definition) is 2. The van der Waals surface area contributed by atoms with Crippen LogP contribution in [0.15, 0.2) is 0 Å². The van der Waals surface area contributed by atoms with Crippen LogP contribution in [0.3, 0.4) is 0 Å². The average molecular weight is 284 g/mol. The van der Waals surface area contributed by atoms with Gasteiger partial charge in [-0.05, 0) is 55.3 Å². The molecule has 1 rings (SSSR count). The highest BCUT2D eigenvalue weighted by Crippen LogP contribution is 2.37. The molecule has 2 N–H and O–H groups in total. The maximum atomic E-state index is 8.97. The van der Waals surface area contributed by atoms with Crippen molar-refractivity contribution in [1.82, 2.24) is 5.32 Å². The van der Waals surface area contributed by atoms with Crippen LogP contribution >= 0.6 is 0 Å². The summed E-state index contributed by atoms with van der Waals surface area (Å²) < 4.78 is 0. The molecule has 0 aliphatic heterocycles. The van der Waals surface area contributed by atoms with E-state index in [9.17, 15) is 0 Å². The van der Waals surface area contributed by atoms with Crippen molar-refractivity contribution in [3.05, 3.63) is 0 Å². The summed E-state index contributed by atoms with van der Waals surface area (Å²) >= 11 is 0. The molecule has 20 heavy (non-hydrogen) atoms. The lowest BCUT2D eigenvalue weighted by molar-refractivity contribution is 0.211. The molecule has 2 nitrogen and oxygen atoms in total. The van der Waals surface area contributed by atoms with Crippen molar-refractivity contribution in [1.29, 1.82) is 0 Å².